The zero-order valence-electron chi connectivity index (χ0n) is 9.88. The third kappa shape index (κ3) is 4.62. The Labute approximate surface area is 91.8 Å². The predicted octanol–water partition coefficient (Wildman–Crippen LogP) is 0.668. The van der Waals surface area contributed by atoms with Crippen LogP contribution in [0.1, 0.15) is 33.6 Å². The van der Waals surface area contributed by atoms with Gasteiger partial charge < -0.3 is 15.4 Å². The fraction of sp³-hybridized carbons (Fsp3) is 0.909. The highest BCUT2D eigenvalue weighted by Gasteiger charge is 2.27. The Hall–Kier alpha value is -0.610. The molecule has 2 unspecified atom stereocenters. The Kier molecular flexibility index (Phi) is 5.05. The van der Waals surface area contributed by atoms with Gasteiger partial charge in [0, 0.05) is 19.1 Å². The minimum absolute atomic E-state index is 0.0323. The van der Waals surface area contributed by atoms with E-state index < -0.39 is 0 Å². The van der Waals surface area contributed by atoms with Gasteiger partial charge in [-0.15, -0.1) is 0 Å². The molecule has 0 aromatic carbocycles. The van der Waals surface area contributed by atoms with Crippen molar-refractivity contribution in [2.75, 3.05) is 13.1 Å². The van der Waals surface area contributed by atoms with Crippen LogP contribution in [0, 0.1) is 0 Å². The second-order valence-electron chi connectivity index (χ2n) is 4.41. The summed E-state index contributed by atoms with van der Waals surface area (Å²) in [5.74, 6) is 0.0323. The van der Waals surface area contributed by atoms with Gasteiger partial charge in [-0.05, 0) is 19.8 Å². The number of carbonyl (C=O) groups excluding carboxylic acids is 1. The Morgan fingerprint density at radius 2 is 2.13 bits per heavy atom. The summed E-state index contributed by atoms with van der Waals surface area (Å²) in [7, 11) is 0. The fourth-order valence-electron chi connectivity index (χ4n) is 1.66. The van der Waals surface area contributed by atoms with Gasteiger partial charge in [0.1, 0.15) is 6.10 Å². The second-order valence-corrected chi connectivity index (χ2v) is 4.41. The molecule has 0 aromatic rings. The molecule has 2 N–H and O–H groups in total. The average molecular weight is 214 g/mol. The summed E-state index contributed by atoms with van der Waals surface area (Å²) in [6.07, 6.45) is 1.85. The molecule has 4 nitrogen and oxygen atoms in total. The molecule has 0 spiro atoms. The topological polar surface area (TPSA) is 50.4 Å². The van der Waals surface area contributed by atoms with E-state index in [9.17, 15) is 4.79 Å². The van der Waals surface area contributed by atoms with E-state index in [0.29, 0.717) is 12.6 Å². The van der Waals surface area contributed by atoms with E-state index >= 15 is 0 Å². The van der Waals surface area contributed by atoms with E-state index in [-0.39, 0.29) is 18.1 Å². The number of hydrogen-bond donors (Lipinski definition) is 2. The van der Waals surface area contributed by atoms with E-state index in [0.717, 1.165) is 19.4 Å². The molecule has 15 heavy (non-hydrogen) atoms. The first kappa shape index (κ1) is 12.5. The molecule has 0 bridgehead atoms. The van der Waals surface area contributed by atoms with Crippen LogP contribution in [0.15, 0.2) is 0 Å². The van der Waals surface area contributed by atoms with Crippen molar-refractivity contribution in [3.8, 4) is 0 Å². The minimum atomic E-state index is -0.223. The lowest BCUT2D eigenvalue weighted by molar-refractivity contribution is -0.131. The molecule has 0 radical (unpaired) electrons. The zero-order chi connectivity index (χ0) is 11.3. The Morgan fingerprint density at radius 3 is 2.67 bits per heavy atom. The molecule has 0 saturated carbocycles. The van der Waals surface area contributed by atoms with Crippen LogP contribution in [0.5, 0.6) is 0 Å². The quantitative estimate of drug-likeness (QED) is 0.661. The minimum Gasteiger partial charge on any atom is -0.365 e. The van der Waals surface area contributed by atoms with Crippen molar-refractivity contribution in [2.45, 2.75) is 51.9 Å². The molecule has 0 aromatic heterocycles. The Balaban J connectivity index is 2.08. The number of nitrogens with one attached hydrogen (secondary N) is 2. The first-order valence-corrected chi connectivity index (χ1v) is 5.76. The number of rotatable bonds is 5. The fourth-order valence-corrected chi connectivity index (χ4v) is 1.66. The Morgan fingerprint density at radius 1 is 1.40 bits per heavy atom. The van der Waals surface area contributed by atoms with Crippen molar-refractivity contribution in [3.05, 3.63) is 0 Å². The highest BCUT2D eigenvalue weighted by molar-refractivity contribution is 5.80. The van der Waals surface area contributed by atoms with Crippen LogP contribution in [-0.2, 0) is 9.53 Å². The van der Waals surface area contributed by atoms with E-state index in [1.165, 1.54) is 0 Å². The van der Waals surface area contributed by atoms with Crippen molar-refractivity contribution < 1.29 is 9.53 Å². The maximum atomic E-state index is 11.6. The highest BCUT2D eigenvalue weighted by Crippen LogP contribution is 2.18. The molecule has 1 amide bonds. The molecule has 1 rings (SSSR count). The second kappa shape index (κ2) is 6.08. The van der Waals surface area contributed by atoms with Crippen LogP contribution < -0.4 is 10.6 Å². The highest BCUT2D eigenvalue weighted by atomic mass is 16.5. The number of ether oxygens (including phenoxy) is 1. The monoisotopic (exact) mass is 214 g/mol. The summed E-state index contributed by atoms with van der Waals surface area (Å²) in [5.41, 5.74) is 0. The smallest absolute Gasteiger partial charge is 0.249 e. The van der Waals surface area contributed by atoms with Crippen LogP contribution >= 0.6 is 0 Å². The molecule has 4 heteroatoms. The van der Waals surface area contributed by atoms with Gasteiger partial charge in [-0.3, -0.25) is 4.79 Å². The summed E-state index contributed by atoms with van der Waals surface area (Å²) in [6, 6.07) is 0.463. The molecule has 0 aliphatic carbocycles. The van der Waals surface area contributed by atoms with E-state index in [1.807, 2.05) is 6.92 Å². The summed E-state index contributed by atoms with van der Waals surface area (Å²) in [4.78, 5) is 11.6. The number of amides is 1. The summed E-state index contributed by atoms with van der Waals surface area (Å²) >= 11 is 0. The van der Waals surface area contributed by atoms with Crippen LogP contribution in [0.3, 0.4) is 0 Å². The third-order valence-electron chi connectivity index (χ3n) is 2.50. The molecular formula is C11H22N2O2. The predicted molar refractivity (Wildman–Crippen MR) is 59.7 cm³/mol. The van der Waals surface area contributed by atoms with Gasteiger partial charge in [0.2, 0.25) is 5.91 Å². The lowest BCUT2D eigenvalue weighted by atomic mass is 10.2. The van der Waals surface area contributed by atoms with Gasteiger partial charge in [0.15, 0.2) is 0 Å². The third-order valence-corrected chi connectivity index (χ3v) is 2.50. The van der Waals surface area contributed by atoms with Gasteiger partial charge in [-0.25, -0.2) is 0 Å². The molecule has 88 valence electrons. The lowest BCUT2D eigenvalue weighted by Gasteiger charge is -2.12. The molecule has 1 saturated heterocycles. The molecule has 1 heterocycles. The molecule has 1 aliphatic heterocycles. The number of hydrogen-bond acceptors (Lipinski definition) is 3. The van der Waals surface area contributed by atoms with Crippen LogP contribution in [-0.4, -0.2) is 37.2 Å². The Bertz CT molecular complexity index is 207. The van der Waals surface area contributed by atoms with Crippen LogP contribution in [0.25, 0.3) is 0 Å². The van der Waals surface area contributed by atoms with Gasteiger partial charge in [0.25, 0.3) is 0 Å². The van der Waals surface area contributed by atoms with Crippen molar-refractivity contribution in [1.29, 1.82) is 0 Å². The SMILES string of the molecule is CC(C)NCCNC(=O)C1CCC(C)O1. The van der Waals surface area contributed by atoms with Crippen LogP contribution in [0.2, 0.25) is 0 Å². The maximum absolute atomic E-state index is 11.6. The van der Waals surface area contributed by atoms with E-state index in [4.69, 9.17) is 4.74 Å². The lowest BCUT2D eigenvalue weighted by Crippen LogP contribution is -2.39. The normalized spacial score (nSPS) is 25.9. The summed E-state index contributed by atoms with van der Waals surface area (Å²) in [6.45, 7) is 7.66. The molecule has 1 fully saturated rings. The molecular weight excluding hydrogens is 192 g/mol. The van der Waals surface area contributed by atoms with E-state index in [1.54, 1.807) is 0 Å². The zero-order valence-corrected chi connectivity index (χ0v) is 9.88. The van der Waals surface area contributed by atoms with Crippen molar-refractivity contribution in [3.63, 3.8) is 0 Å². The van der Waals surface area contributed by atoms with Crippen molar-refractivity contribution >= 4 is 5.91 Å². The van der Waals surface area contributed by atoms with Gasteiger partial charge >= 0.3 is 0 Å². The first-order valence-electron chi connectivity index (χ1n) is 5.76. The largest absolute Gasteiger partial charge is 0.365 e. The molecule has 2 atom stereocenters. The maximum Gasteiger partial charge on any atom is 0.249 e. The number of carbonyl (C=O) groups is 1. The first-order chi connectivity index (χ1) is 7.09. The summed E-state index contributed by atoms with van der Waals surface area (Å²) < 4.78 is 5.47. The van der Waals surface area contributed by atoms with Crippen LogP contribution in [0.4, 0.5) is 0 Å². The van der Waals surface area contributed by atoms with Gasteiger partial charge in [-0.2, -0.15) is 0 Å². The van der Waals surface area contributed by atoms with E-state index in [2.05, 4.69) is 24.5 Å². The van der Waals surface area contributed by atoms with Crippen molar-refractivity contribution in [2.24, 2.45) is 0 Å². The van der Waals surface area contributed by atoms with Gasteiger partial charge in [0.05, 0.1) is 6.10 Å². The summed E-state index contributed by atoms with van der Waals surface area (Å²) in [5, 5.41) is 6.12. The van der Waals surface area contributed by atoms with Crippen molar-refractivity contribution in [1.82, 2.24) is 10.6 Å². The van der Waals surface area contributed by atoms with Gasteiger partial charge in [-0.1, -0.05) is 13.8 Å². The average Bonchev–Trinajstić information content (AvgIpc) is 2.59. The molecule has 1 aliphatic rings. The standard InChI is InChI=1S/C11H22N2O2/c1-8(2)12-6-7-13-11(14)10-5-4-9(3)15-10/h8-10,12H,4-7H2,1-3H3,(H,13,14).